The predicted molar refractivity (Wildman–Crippen MR) is 287 cm³/mol. The van der Waals surface area contributed by atoms with E-state index in [0.717, 1.165) is 51.3 Å². The van der Waals surface area contributed by atoms with Crippen LogP contribution in [0, 0.1) is 5.92 Å². The molecule has 1 aliphatic heterocycles. The number of para-hydroxylation sites is 1. The Hall–Kier alpha value is -8.26. The van der Waals surface area contributed by atoms with E-state index in [1.807, 2.05) is 6.08 Å². The van der Waals surface area contributed by atoms with Crippen molar-refractivity contribution in [2.45, 2.75) is 18.8 Å². The average Bonchev–Trinajstić information content (AvgIpc) is 3.69. The first kappa shape index (κ1) is 41.4. The van der Waals surface area contributed by atoms with Gasteiger partial charge in [0.25, 0.3) is 0 Å². The molecule has 1 nitrogen and oxygen atoms in total. The molecule has 2 bridgehead atoms. The Morgan fingerprint density at radius 3 is 2.12 bits per heavy atom. The molecule has 3 aliphatic rings. The molecule has 0 aromatic heterocycles. The molecule has 1 unspecified atom stereocenters. The van der Waals surface area contributed by atoms with Crippen molar-refractivity contribution in [3.8, 4) is 33.4 Å². The summed E-state index contributed by atoms with van der Waals surface area (Å²) >= 11 is 0. The van der Waals surface area contributed by atoms with Gasteiger partial charge >= 0.3 is 0 Å². The molecule has 0 radical (unpaired) electrons. The number of fused-ring (bicyclic) bond motifs is 8. The molecule has 1 heteroatoms. The minimum absolute atomic E-state index is 0.243. The minimum Gasteiger partial charge on any atom is -0.309 e. The molecule has 2 atom stereocenters. The Kier molecular flexibility index (Phi) is 10.9. The lowest BCUT2D eigenvalue weighted by Crippen LogP contribution is -2.29. The lowest BCUT2D eigenvalue weighted by atomic mass is 9.67. The first-order chi connectivity index (χ1) is 33.0. The van der Waals surface area contributed by atoms with Crippen LogP contribution in [-0.2, 0) is 5.41 Å². The maximum atomic E-state index is 4.93. The molecule has 8 aromatic rings. The molecule has 0 amide bonds. The molecule has 320 valence electrons. The normalized spacial score (nSPS) is 18.0. The largest absolute Gasteiger partial charge is 0.309 e. The highest BCUT2D eigenvalue weighted by Gasteiger charge is 2.48. The van der Waals surface area contributed by atoms with Gasteiger partial charge in [-0.3, -0.25) is 0 Å². The van der Waals surface area contributed by atoms with Crippen molar-refractivity contribution in [2.75, 3.05) is 4.90 Å². The van der Waals surface area contributed by atoms with Gasteiger partial charge in [0.1, 0.15) is 0 Å². The Labute approximate surface area is 395 Å². The molecular weight excluding hydrogens is 807 g/mol. The number of allylic oxidation sites excluding steroid dienone is 13. The second-order valence-electron chi connectivity index (χ2n) is 17.7. The van der Waals surface area contributed by atoms with E-state index < -0.39 is 5.41 Å². The van der Waals surface area contributed by atoms with Gasteiger partial charge in [0.15, 0.2) is 0 Å². The van der Waals surface area contributed by atoms with Crippen LogP contribution >= 0.6 is 0 Å². The fourth-order valence-electron chi connectivity index (χ4n) is 10.7. The Balaban J connectivity index is 1.14. The highest BCUT2D eigenvalue weighted by atomic mass is 15.1. The zero-order valence-corrected chi connectivity index (χ0v) is 37.8. The van der Waals surface area contributed by atoms with Gasteiger partial charge in [-0.05, 0) is 139 Å². The summed E-state index contributed by atoms with van der Waals surface area (Å²) < 4.78 is 0. The summed E-state index contributed by atoms with van der Waals surface area (Å²) in [5, 5.41) is 2.49. The van der Waals surface area contributed by atoms with Crippen molar-refractivity contribution in [3.05, 3.63) is 295 Å². The number of hydrogen-bond acceptors (Lipinski definition) is 1. The zero-order valence-electron chi connectivity index (χ0n) is 37.8. The molecule has 67 heavy (non-hydrogen) atoms. The molecule has 8 aromatic carbocycles. The van der Waals surface area contributed by atoms with E-state index in [1.165, 1.54) is 60.9 Å². The van der Waals surface area contributed by atoms with E-state index in [2.05, 4.69) is 261 Å². The number of rotatable bonds is 10. The van der Waals surface area contributed by atoms with Crippen LogP contribution in [0.3, 0.4) is 0 Å². The first-order valence-electron chi connectivity index (χ1n) is 23.4. The molecule has 0 spiro atoms. The highest BCUT2D eigenvalue weighted by Crippen LogP contribution is 2.61. The van der Waals surface area contributed by atoms with Crippen LogP contribution in [-0.4, -0.2) is 0 Å². The summed E-state index contributed by atoms with van der Waals surface area (Å²) in [4.78, 5) is 2.50. The second-order valence-corrected chi connectivity index (χ2v) is 17.7. The Morgan fingerprint density at radius 1 is 0.612 bits per heavy atom. The number of anilines is 3. The molecule has 11 rings (SSSR count). The van der Waals surface area contributed by atoms with Crippen LogP contribution in [0.1, 0.15) is 41.2 Å². The second kappa shape index (κ2) is 17.6. The topological polar surface area (TPSA) is 3.24 Å². The molecule has 0 N–H and O–H groups in total. The van der Waals surface area contributed by atoms with Crippen molar-refractivity contribution in [1.82, 2.24) is 0 Å². The third kappa shape index (κ3) is 7.30. The van der Waals surface area contributed by atoms with Crippen LogP contribution in [0.5, 0.6) is 0 Å². The van der Waals surface area contributed by atoms with Gasteiger partial charge < -0.3 is 4.90 Å². The van der Waals surface area contributed by atoms with Gasteiger partial charge in [0.05, 0.1) is 16.8 Å². The summed E-state index contributed by atoms with van der Waals surface area (Å²) in [6.45, 7) is 11.3. The van der Waals surface area contributed by atoms with Gasteiger partial charge in [-0.15, -0.1) is 0 Å². The molecule has 0 fully saturated rings. The molecule has 0 saturated heterocycles. The third-order valence-electron chi connectivity index (χ3n) is 13.8. The first-order valence-corrected chi connectivity index (χ1v) is 23.4. The summed E-state index contributed by atoms with van der Waals surface area (Å²) in [5.41, 5.74) is 19.1. The van der Waals surface area contributed by atoms with Gasteiger partial charge in [0, 0.05) is 22.7 Å². The number of benzene rings is 8. The Bertz CT molecular complexity index is 3420. The van der Waals surface area contributed by atoms with E-state index >= 15 is 0 Å². The van der Waals surface area contributed by atoms with Gasteiger partial charge in [0.2, 0.25) is 0 Å². The summed E-state index contributed by atoms with van der Waals surface area (Å²) in [7, 11) is 0. The molecular formula is C66H51N. The molecule has 2 aliphatic carbocycles. The fourth-order valence-corrected chi connectivity index (χ4v) is 10.7. The van der Waals surface area contributed by atoms with Crippen LogP contribution in [0.15, 0.2) is 267 Å². The monoisotopic (exact) mass is 857 g/mol. The standard InChI is InChI=1S/C66H51N/c1-4-6-9-21-46(3)66(57-28-12-8-13-29-57)61-32-18-16-31-60(61)65-62(66)41-47-40-56(43-48(5-2)49-22-10-7-11-23-49)59-30-17-19-33-63(59)67(64(65)42-47)58-38-36-51(37-39-58)53-26-20-27-54(44-53)55-35-34-50-24-14-15-25-52(50)45-55/h4-22,24-45,49H,2-3,23H2,1H3/b6-4-,21-9-,48-43+,56-40+/t49-,66?/m0/s1. The van der Waals surface area contributed by atoms with E-state index in [9.17, 15) is 0 Å². The van der Waals surface area contributed by atoms with E-state index in [0.29, 0.717) is 0 Å². The highest BCUT2D eigenvalue weighted by molar-refractivity contribution is 6.04. The van der Waals surface area contributed by atoms with E-state index in [-0.39, 0.29) is 5.92 Å². The fraction of sp³-hybridized carbons (Fsp3) is 0.0606. The molecule has 1 heterocycles. The van der Waals surface area contributed by atoms with Crippen LogP contribution in [0.4, 0.5) is 17.1 Å². The van der Waals surface area contributed by atoms with Crippen molar-refractivity contribution in [1.29, 1.82) is 0 Å². The van der Waals surface area contributed by atoms with Crippen LogP contribution in [0.2, 0.25) is 0 Å². The third-order valence-corrected chi connectivity index (χ3v) is 13.8. The minimum atomic E-state index is -0.657. The van der Waals surface area contributed by atoms with E-state index in [1.54, 1.807) is 0 Å². The van der Waals surface area contributed by atoms with Crippen LogP contribution < -0.4 is 4.90 Å². The van der Waals surface area contributed by atoms with E-state index in [4.69, 9.17) is 6.58 Å². The van der Waals surface area contributed by atoms with Crippen LogP contribution in [0.25, 0.3) is 55.8 Å². The van der Waals surface area contributed by atoms with Crippen molar-refractivity contribution in [2.24, 2.45) is 5.92 Å². The number of nitrogens with zero attached hydrogens (tertiary/aromatic N) is 1. The lowest BCUT2D eigenvalue weighted by Gasteiger charge is -2.36. The SMILES string of the molecule is C=C/C(=C\C1=C/c2cc(c3c(c2)C(C(=C)/C=C\C=C/C)(c2ccccc2)c2ccccc2-3)N(c2ccc(-c3cccc(-c4ccc5ccccc5c4)c3)cc2)c2ccccc21)[C@H]1C=CC=CC1. The number of hydrogen-bond donors (Lipinski definition) is 0. The van der Waals surface area contributed by atoms with Gasteiger partial charge in [-0.1, -0.05) is 213 Å². The summed E-state index contributed by atoms with van der Waals surface area (Å²) in [6.07, 6.45) is 25.0. The summed E-state index contributed by atoms with van der Waals surface area (Å²) in [5.74, 6) is 0.243. The molecule has 0 saturated carbocycles. The smallest absolute Gasteiger partial charge is 0.0708 e. The lowest BCUT2D eigenvalue weighted by molar-refractivity contribution is 0.770. The Morgan fingerprint density at radius 2 is 1.33 bits per heavy atom. The zero-order chi connectivity index (χ0) is 45.3. The van der Waals surface area contributed by atoms with Crippen molar-refractivity contribution in [3.63, 3.8) is 0 Å². The quantitative estimate of drug-likeness (QED) is 0.124. The maximum absolute atomic E-state index is 4.93. The maximum Gasteiger partial charge on any atom is 0.0708 e. The van der Waals surface area contributed by atoms with Crippen molar-refractivity contribution < 1.29 is 0 Å². The van der Waals surface area contributed by atoms with Gasteiger partial charge in [-0.2, -0.15) is 0 Å². The average molecular weight is 858 g/mol. The van der Waals surface area contributed by atoms with Crippen molar-refractivity contribution >= 4 is 39.5 Å². The summed E-state index contributed by atoms with van der Waals surface area (Å²) in [6, 6.07) is 67.1. The van der Waals surface area contributed by atoms with Gasteiger partial charge in [-0.25, -0.2) is 0 Å². The predicted octanol–water partition coefficient (Wildman–Crippen LogP) is 17.7.